The molecule has 2 heterocycles. The molecule has 2 N–H and O–H groups in total. The molecule has 3 rings (SSSR count). The molecule has 0 atom stereocenters. The molecule has 0 saturated carbocycles. The van der Waals surface area contributed by atoms with Gasteiger partial charge in [-0.05, 0) is 55.7 Å². The molecule has 3 amide bonds. The van der Waals surface area contributed by atoms with Crippen LogP contribution >= 0.6 is 0 Å². The molecule has 2 aliphatic heterocycles. The number of urea groups is 1. The Morgan fingerprint density at radius 3 is 2.62 bits per heavy atom. The van der Waals surface area contributed by atoms with Gasteiger partial charge in [-0.2, -0.15) is 0 Å². The SMILES string of the molecule is CCCC(=O)Nc1cccc(NC(=O)N2CCCC3(CCOCC3)C2)c1. The Morgan fingerprint density at radius 1 is 1.15 bits per heavy atom. The first-order valence-electron chi connectivity index (χ1n) is 9.64. The predicted octanol–water partition coefficient (Wildman–Crippen LogP) is 3.85. The summed E-state index contributed by atoms with van der Waals surface area (Å²) in [5.74, 6) is -0.00605. The molecule has 0 unspecified atom stereocenters. The van der Waals surface area contributed by atoms with E-state index in [0.29, 0.717) is 17.8 Å². The number of carbonyl (C=O) groups is 2. The van der Waals surface area contributed by atoms with E-state index in [4.69, 9.17) is 4.74 Å². The van der Waals surface area contributed by atoms with Crippen LogP contribution in [0.2, 0.25) is 0 Å². The first-order valence-corrected chi connectivity index (χ1v) is 9.64. The second-order valence-corrected chi connectivity index (χ2v) is 7.45. The molecule has 2 aliphatic rings. The molecular weight excluding hydrogens is 330 g/mol. The first kappa shape index (κ1) is 18.7. The summed E-state index contributed by atoms with van der Waals surface area (Å²) in [5.41, 5.74) is 1.64. The van der Waals surface area contributed by atoms with Crippen LogP contribution in [0.25, 0.3) is 0 Å². The summed E-state index contributed by atoms with van der Waals surface area (Å²) in [6, 6.07) is 7.27. The Morgan fingerprint density at radius 2 is 1.88 bits per heavy atom. The van der Waals surface area contributed by atoms with E-state index in [1.54, 1.807) is 6.07 Å². The molecule has 6 nitrogen and oxygen atoms in total. The van der Waals surface area contributed by atoms with Crippen molar-refractivity contribution in [3.05, 3.63) is 24.3 Å². The fourth-order valence-corrected chi connectivity index (χ4v) is 3.92. The van der Waals surface area contributed by atoms with Gasteiger partial charge in [0.05, 0.1) is 0 Å². The Bertz CT molecular complexity index is 635. The van der Waals surface area contributed by atoms with Gasteiger partial charge in [-0.15, -0.1) is 0 Å². The molecule has 0 aromatic heterocycles. The van der Waals surface area contributed by atoms with Crippen LogP contribution < -0.4 is 10.6 Å². The lowest BCUT2D eigenvalue weighted by Crippen LogP contribution is -2.49. The molecule has 0 bridgehead atoms. The number of nitrogens with one attached hydrogen (secondary N) is 2. The number of hydrogen-bond acceptors (Lipinski definition) is 3. The van der Waals surface area contributed by atoms with Crippen molar-refractivity contribution in [3.63, 3.8) is 0 Å². The summed E-state index contributed by atoms with van der Waals surface area (Å²) < 4.78 is 5.50. The molecule has 26 heavy (non-hydrogen) atoms. The first-order chi connectivity index (χ1) is 12.6. The van der Waals surface area contributed by atoms with E-state index in [2.05, 4.69) is 10.6 Å². The van der Waals surface area contributed by atoms with Gasteiger partial charge in [0.1, 0.15) is 0 Å². The lowest BCUT2D eigenvalue weighted by Gasteiger charge is -2.45. The van der Waals surface area contributed by atoms with Crippen molar-refractivity contribution in [2.24, 2.45) is 5.41 Å². The third-order valence-electron chi connectivity index (χ3n) is 5.38. The third kappa shape index (κ3) is 4.75. The average Bonchev–Trinajstić information content (AvgIpc) is 2.63. The molecule has 0 aliphatic carbocycles. The highest BCUT2D eigenvalue weighted by Gasteiger charge is 2.38. The van der Waals surface area contributed by atoms with Gasteiger partial charge in [0, 0.05) is 44.1 Å². The second-order valence-electron chi connectivity index (χ2n) is 7.45. The van der Waals surface area contributed by atoms with Crippen LogP contribution in [0.3, 0.4) is 0 Å². The maximum atomic E-state index is 12.7. The maximum absolute atomic E-state index is 12.7. The lowest BCUT2D eigenvalue weighted by atomic mass is 9.74. The standard InChI is InChI=1S/C20H29N3O3/c1-2-5-18(24)21-16-6-3-7-17(14-16)22-19(25)23-11-4-8-20(15-23)9-12-26-13-10-20/h3,6-7,14H,2,4-5,8-13,15H2,1H3,(H,21,24)(H,22,25). The number of hydrogen-bond donors (Lipinski definition) is 2. The number of rotatable bonds is 4. The van der Waals surface area contributed by atoms with Crippen LogP contribution in [0, 0.1) is 5.41 Å². The van der Waals surface area contributed by atoms with Crippen molar-refractivity contribution in [3.8, 4) is 0 Å². The van der Waals surface area contributed by atoms with E-state index in [1.807, 2.05) is 30.0 Å². The minimum atomic E-state index is -0.0624. The van der Waals surface area contributed by atoms with Crippen molar-refractivity contribution in [2.45, 2.75) is 45.4 Å². The van der Waals surface area contributed by atoms with Gasteiger partial charge in [-0.1, -0.05) is 13.0 Å². The monoisotopic (exact) mass is 359 g/mol. The highest BCUT2D eigenvalue weighted by atomic mass is 16.5. The summed E-state index contributed by atoms with van der Waals surface area (Å²) in [7, 11) is 0. The molecule has 2 fully saturated rings. The fourth-order valence-electron chi connectivity index (χ4n) is 3.92. The Labute approximate surface area is 155 Å². The zero-order valence-electron chi connectivity index (χ0n) is 15.6. The predicted molar refractivity (Wildman–Crippen MR) is 102 cm³/mol. The Balaban J connectivity index is 1.59. The van der Waals surface area contributed by atoms with Crippen molar-refractivity contribution in [2.75, 3.05) is 36.9 Å². The minimum Gasteiger partial charge on any atom is -0.381 e. The smallest absolute Gasteiger partial charge is 0.321 e. The van der Waals surface area contributed by atoms with Gasteiger partial charge in [0.25, 0.3) is 0 Å². The third-order valence-corrected chi connectivity index (χ3v) is 5.38. The van der Waals surface area contributed by atoms with Crippen LogP contribution in [-0.4, -0.2) is 43.1 Å². The molecule has 6 heteroatoms. The topological polar surface area (TPSA) is 70.7 Å². The van der Waals surface area contributed by atoms with Crippen molar-refractivity contribution in [1.82, 2.24) is 4.90 Å². The number of nitrogens with zero attached hydrogens (tertiary/aromatic N) is 1. The largest absolute Gasteiger partial charge is 0.381 e. The summed E-state index contributed by atoms with van der Waals surface area (Å²) in [6.45, 7) is 5.17. The number of benzene rings is 1. The summed E-state index contributed by atoms with van der Waals surface area (Å²) >= 11 is 0. The molecule has 1 aromatic rings. The average molecular weight is 359 g/mol. The van der Waals surface area contributed by atoms with Crippen LogP contribution in [-0.2, 0) is 9.53 Å². The van der Waals surface area contributed by atoms with E-state index >= 15 is 0 Å². The quantitative estimate of drug-likeness (QED) is 0.858. The zero-order chi connectivity index (χ0) is 18.4. The van der Waals surface area contributed by atoms with Crippen molar-refractivity contribution < 1.29 is 14.3 Å². The summed E-state index contributed by atoms with van der Waals surface area (Å²) in [6.07, 6.45) is 5.60. The van der Waals surface area contributed by atoms with Crippen molar-refractivity contribution >= 4 is 23.3 Å². The molecular formula is C20H29N3O3. The number of ether oxygens (including phenoxy) is 1. The van der Waals surface area contributed by atoms with Crippen LogP contribution in [0.4, 0.5) is 16.2 Å². The molecule has 1 spiro atoms. The van der Waals surface area contributed by atoms with E-state index in [0.717, 1.165) is 52.0 Å². The summed E-state index contributed by atoms with van der Waals surface area (Å²) in [4.78, 5) is 26.4. The zero-order valence-corrected chi connectivity index (χ0v) is 15.6. The van der Waals surface area contributed by atoms with Gasteiger partial charge in [-0.3, -0.25) is 4.79 Å². The number of likely N-dealkylation sites (tertiary alicyclic amines) is 1. The van der Waals surface area contributed by atoms with Gasteiger partial charge in [-0.25, -0.2) is 4.79 Å². The van der Waals surface area contributed by atoms with Gasteiger partial charge >= 0.3 is 6.03 Å². The van der Waals surface area contributed by atoms with E-state index in [-0.39, 0.29) is 17.4 Å². The van der Waals surface area contributed by atoms with E-state index < -0.39 is 0 Å². The molecule has 0 radical (unpaired) electrons. The van der Waals surface area contributed by atoms with Gasteiger partial charge in [0.15, 0.2) is 0 Å². The van der Waals surface area contributed by atoms with E-state index in [9.17, 15) is 9.59 Å². The molecule has 142 valence electrons. The molecule has 2 saturated heterocycles. The highest BCUT2D eigenvalue weighted by molar-refractivity contribution is 5.93. The van der Waals surface area contributed by atoms with Gasteiger partial charge < -0.3 is 20.3 Å². The lowest BCUT2D eigenvalue weighted by molar-refractivity contribution is -0.116. The van der Waals surface area contributed by atoms with E-state index in [1.165, 1.54) is 6.42 Å². The minimum absolute atomic E-state index is 0.00605. The number of carbonyl (C=O) groups excluding carboxylic acids is 2. The maximum Gasteiger partial charge on any atom is 0.321 e. The second kappa shape index (κ2) is 8.54. The number of anilines is 2. The normalized spacial score (nSPS) is 19.2. The Kier molecular flexibility index (Phi) is 6.14. The van der Waals surface area contributed by atoms with Crippen LogP contribution in [0.15, 0.2) is 24.3 Å². The fraction of sp³-hybridized carbons (Fsp3) is 0.600. The van der Waals surface area contributed by atoms with Crippen LogP contribution in [0.5, 0.6) is 0 Å². The Hall–Kier alpha value is -2.08. The number of amides is 3. The molecule has 1 aromatic carbocycles. The van der Waals surface area contributed by atoms with Crippen LogP contribution in [0.1, 0.15) is 45.4 Å². The number of piperidine rings is 1. The summed E-state index contributed by atoms with van der Waals surface area (Å²) in [5, 5.41) is 5.85. The highest BCUT2D eigenvalue weighted by Crippen LogP contribution is 2.39. The van der Waals surface area contributed by atoms with Crippen molar-refractivity contribution in [1.29, 1.82) is 0 Å². The van der Waals surface area contributed by atoms with Gasteiger partial charge in [0.2, 0.25) is 5.91 Å².